The fourth-order valence-corrected chi connectivity index (χ4v) is 2.36. The Morgan fingerprint density at radius 2 is 1.77 bits per heavy atom. The molecule has 0 fully saturated rings. The van der Waals surface area contributed by atoms with Crippen LogP contribution in [0.1, 0.15) is 17.3 Å². The molecule has 1 atom stereocenters. The molecule has 0 unspecified atom stereocenters. The minimum Gasteiger partial charge on any atom is -0.545 e. The largest absolute Gasteiger partial charge is 0.545 e. The Balaban J connectivity index is 2.22. The van der Waals surface area contributed by atoms with Gasteiger partial charge in [-0.05, 0) is 31.2 Å². The highest BCUT2D eigenvalue weighted by Gasteiger charge is 2.19. The summed E-state index contributed by atoms with van der Waals surface area (Å²) < 4.78 is 15.7. The van der Waals surface area contributed by atoms with E-state index in [4.69, 9.17) is 25.8 Å². The molecule has 138 valence electrons. The minimum atomic E-state index is -1.47. The van der Waals surface area contributed by atoms with Crippen molar-refractivity contribution in [3.8, 4) is 17.2 Å². The van der Waals surface area contributed by atoms with Gasteiger partial charge in [0.05, 0.1) is 25.9 Å². The first kappa shape index (κ1) is 19.4. The Bertz CT molecular complexity index is 823. The number of carbonyl (C=O) groups is 2. The molecule has 0 heterocycles. The molecule has 0 spiro atoms. The van der Waals surface area contributed by atoms with Crippen LogP contribution in [-0.4, -0.2) is 32.2 Å². The molecule has 0 bridgehead atoms. The Labute approximate surface area is 155 Å². The zero-order valence-corrected chi connectivity index (χ0v) is 15.1. The maximum atomic E-state index is 12.4. The Morgan fingerprint density at radius 1 is 1.12 bits per heavy atom. The van der Waals surface area contributed by atoms with Gasteiger partial charge in [0.1, 0.15) is 5.75 Å². The van der Waals surface area contributed by atoms with Crippen molar-refractivity contribution in [3.05, 3.63) is 47.0 Å². The molecular weight excluding hydrogens is 362 g/mol. The number of hydrogen-bond donors (Lipinski definition) is 1. The summed E-state index contributed by atoms with van der Waals surface area (Å²) in [5.74, 6) is -1.15. The predicted octanol–water partition coefficient (Wildman–Crippen LogP) is 2.13. The van der Waals surface area contributed by atoms with Gasteiger partial charge in [-0.25, -0.2) is 0 Å². The number of hydrogen-bond acceptors (Lipinski definition) is 6. The second-order valence-electron chi connectivity index (χ2n) is 5.25. The second-order valence-corrected chi connectivity index (χ2v) is 5.68. The van der Waals surface area contributed by atoms with Crippen LogP contribution in [0.5, 0.6) is 17.2 Å². The van der Waals surface area contributed by atoms with E-state index < -0.39 is 18.0 Å². The number of rotatable bonds is 7. The van der Waals surface area contributed by atoms with Crippen LogP contribution in [0.2, 0.25) is 5.02 Å². The molecule has 0 saturated heterocycles. The van der Waals surface area contributed by atoms with Crippen molar-refractivity contribution in [2.75, 3.05) is 19.5 Å². The summed E-state index contributed by atoms with van der Waals surface area (Å²) in [5.41, 5.74) is -0.236. The number of carboxylic acid groups (broad SMARTS) is 1. The van der Waals surface area contributed by atoms with Crippen LogP contribution in [-0.2, 0) is 4.79 Å². The maximum absolute atomic E-state index is 12.4. The Morgan fingerprint density at radius 3 is 2.35 bits per heavy atom. The quantitative estimate of drug-likeness (QED) is 0.792. The lowest BCUT2D eigenvalue weighted by Crippen LogP contribution is -2.32. The van der Waals surface area contributed by atoms with Crippen LogP contribution in [0.25, 0.3) is 0 Å². The van der Waals surface area contributed by atoms with Crippen molar-refractivity contribution in [1.82, 2.24) is 0 Å². The van der Waals surface area contributed by atoms with E-state index >= 15 is 0 Å². The van der Waals surface area contributed by atoms with Crippen LogP contribution in [0.15, 0.2) is 36.4 Å². The number of halogens is 1. The zero-order chi connectivity index (χ0) is 19.3. The van der Waals surface area contributed by atoms with Crippen molar-refractivity contribution in [2.24, 2.45) is 0 Å². The van der Waals surface area contributed by atoms with Crippen LogP contribution in [0, 0.1) is 0 Å². The summed E-state index contributed by atoms with van der Waals surface area (Å²) in [5, 5.41) is 14.3. The van der Waals surface area contributed by atoms with E-state index in [0.29, 0.717) is 10.8 Å². The third kappa shape index (κ3) is 4.58. The first-order valence-corrected chi connectivity index (χ1v) is 7.94. The molecule has 2 aromatic rings. The van der Waals surface area contributed by atoms with Crippen LogP contribution < -0.4 is 24.6 Å². The highest BCUT2D eigenvalue weighted by Crippen LogP contribution is 2.33. The van der Waals surface area contributed by atoms with E-state index in [1.165, 1.54) is 33.3 Å². The second kappa shape index (κ2) is 8.44. The number of benzene rings is 2. The smallest absolute Gasteiger partial charge is 0.265 e. The van der Waals surface area contributed by atoms with Gasteiger partial charge < -0.3 is 29.4 Å². The average molecular weight is 379 g/mol. The third-order valence-corrected chi connectivity index (χ3v) is 3.71. The van der Waals surface area contributed by atoms with Crippen LogP contribution in [0.4, 0.5) is 5.69 Å². The van der Waals surface area contributed by atoms with Gasteiger partial charge in [-0.3, -0.25) is 4.79 Å². The fraction of sp³-hybridized carbons (Fsp3) is 0.222. The van der Waals surface area contributed by atoms with Gasteiger partial charge in [0.2, 0.25) is 0 Å². The van der Waals surface area contributed by atoms with E-state index in [1.54, 1.807) is 24.3 Å². The lowest BCUT2D eigenvalue weighted by atomic mass is 10.1. The molecule has 0 aliphatic rings. The molecule has 1 amide bonds. The van der Waals surface area contributed by atoms with Gasteiger partial charge in [0.25, 0.3) is 5.91 Å². The first-order chi connectivity index (χ1) is 12.3. The van der Waals surface area contributed by atoms with Crippen molar-refractivity contribution in [1.29, 1.82) is 0 Å². The standard InChI is InChI=1S/C18H18ClNO6/c1-10(26-12-6-4-5-11(19)7-12)17(21)20-14-9-16(25-3)15(24-2)8-13(14)18(22)23/h4-10H,1-3H3,(H,20,21)(H,22,23)/p-1/t10-/m0/s1. The zero-order valence-electron chi connectivity index (χ0n) is 14.4. The molecule has 0 aliphatic heterocycles. The SMILES string of the molecule is COc1cc(NC(=O)[C@H](C)Oc2cccc(Cl)c2)c(C(=O)[O-])cc1OC. The Kier molecular flexibility index (Phi) is 6.30. The first-order valence-electron chi connectivity index (χ1n) is 7.56. The third-order valence-electron chi connectivity index (χ3n) is 3.48. The number of carboxylic acids is 1. The van der Waals surface area contributed by atoms with E-state index in [9.17, 15) is 14.7 Å². The molecule has 8 heteroatoms. The molecule has 26 heavy (non-hydrogen) atoms. The molecular formula is C18H17ClNO6-. The van der Waals surface area contributed by atoms with Gasteiger partial charge in [0, 0.05) is 16.7 Å². The molecule has 1 N–H and O–H groups in total. The molecule has 0 radical (unpaired) electrons. The number of nitrogens with one attached hydrogen (secondary N) is 1. The lowest BCUT2D eigenvalue weighted by molar-refractivity contribution is -0.254. The molecule has 2 aromatic carbocycles. The number of aromatic carboxylic acids is 1. The molecule has 0 aromatic heterocycles. The van der Waals surface area contributed by atoms with Crippen molar-refractivity contribution >= 4 is 29.2 Å². The van der Waals surface area contributed by atoms with E-state index in [0.717, 1.165) is 0 Å². The van der Waals surface area contributed by atoms with Gasteiger partial charge in [-0.2, -0.15) is 0 Å². The topological polar surface area (TPSA) is 96.9 Å². The lowest BCUT2D eigenvalue weighted by Gasteiger charge is -2.19. The van der Waals surface area contributed by atoms with Gasteiger partial charge >= 0.3 is 0 Å². The number of carbonyl (C=O) groups excluding carboxylic acids is 2. The van der Waals surface area contributed by atoms with E-state index in [2.05, 4.69) is 5.32 Å². The van der Waals surface area contributed by atoms with Crippen molar-refractivity contribution in [3.63, 3.8) is 0 Å². The number of anilines is 1. The normalized spacial score (nSPS) is 11.4. The summed E-state index contributed by atoms with van der Waals surface area (Å²) >= 11 is 5.88. The number of methoxy groups -OCH3 is 2. The summed E-state index contributed by atoms with van der Waals surface area (Å²) in [6.07, 6.45) is -0.906. The monoisotopic (exact) mass is 378 g/mol. The highest BCUT2D eigenvalue weighted by molar-refractivity contribution is 6.30. The summed E-state index contributed by atoms with van der Waals surface area (Å²) in [6, 6.07) is 9.13. The highest BCUT2D eigenvalue weighted by atomic mass is 35.5. The van der Waals surface area contributed by atoms with Crippen LogP contribution in [0.3, 0.4) is 0 Å². The maximum Gasteiger partial charge on any atom is 0.265 e. The number of ether oxygens (including phenoxy) is 3. The average Bonchev–Trinajstić information content (AvgIpc) is 2.60. The van der Waals surface area contributed by atoms with Gasteiger partial charge in [0.15, 0.2) is 17.6 Å². The van der Waals surface area contributed by atoms with Crippen molar-refractivity contribution in [2.45, 2.75) is 13.0 Å². The van der Waals surface area contributed by atoms with Crippen molar-refractivity contribution < 1.29 is 28.9 Å². The summed E-state index contributed by atoms with van der Waals surface area (Å²) in [7, 11) is 2.77. The fourth-order valence-electron chi connectivity index (χ4n) is 2.18. The number of amides is 1. The van der Waals surface area contributed by atoms with Gasteiger partial charge in [-0.1, -0.05) is 17.7 Å². The minimum absolute atomic E-state index is 0.00851. The van der Waals surface area contributed by atoms with Gasteiger partial charge in [-0.15, -0.1) is 0 Å². The van der Waals surface area contributed by atoms with E-state index in [1.807, 2.05) is 0 Å². The molecule has 0 saturated carbocycles. The van der Waals surface area contributed by atoms with Crippen LogP contribution >= 0.6 is 11.6 Å². The summed E-state index contributed by atoms with van der Waals surface area (Å²) in [4.78, 5) is 23.7. The molecule has 2 rings (SSSR count). The Hall–Kier alpha value is -2.93. The predicted molar refractivity (Wildman–Crippen MR) is 94.0 cm³/mol. The summed E-state index contributed by atoms with van der Waals surface area (Å²) in [6.45, 7) is 1.52. The molecule has 0 aliphatic carbocycles. The molecule has 7 nitrogen and oxygen atoms in total. The van der Waals surface area contributed by atoms with E-state index in [-0.39, 0.29) is 22.7 Å².